The summed E-state index contributed by atoms with van der Waals surface area (Å²) in [5.74, 6) is -1.27. The van der Waals surface area contributed by atoms with Crippen LogP contribution in [0.1, 0.15) is 36.5 Å². The van der Waals surface area contributed by atoms with E-state index in [1.165, 1.54) is 15.3 Å². The van der Waals surface area contributed by atoms with Crippen molar-refractivity contribution in [2.75, 3.05) is 45.9 Å². The van der Waals surface area contributed by atoms with Gasteiger partial charge in [0.1, 0.15) is 5.82 Å². The van der Waals surface area contributed by atoms with Crippen LogP contribution in [0.5, 0.6) is 0 Å². The molecule has 2 fully saturated rings. The number of nitrogens with zero attached hydrogens (tertiary/aromatic N) is 1. The molecule has 0 aliphatic carbocycles. The molecule has 0 unspecified atom stereocenters. The van der Waals surface area contributed by atoms with E-state index in [0.29, 0.717) is 13.2 Å². The lowest BCUT2D eigenvalue weighted by Crippen LogP contribution is -3.13. The largest absolute Gasteiger partial charge is 0.379 e. The second kappa shape index (κ2) is 9.30. The molecular weight excluding hydrogens is 385 g/mol. The van der Waals surface area contributed by atoms with Gasteiger partial charge in [0.15, 0.2) is 0 Å². The average molecular weight is 415 g/mol. The number of hydrogen-bond donors (Lipinski definition) is 2. The number of halogens is 1. The normalized spacial score (nSPS) is 24.1. The Morgan fingerprint density at radius 1 is 1.29 bits per heavy atom. The third-order valence-electron chi connectivity index (χ3n) is 5.42. The monoisotopic (exact) mass is 414 g/mol. The van der Waals surface area contributed by atoms with Crippen LogP contribution >= 0.6 is 0 Å². The Balaban J connectivity index is 1.70. The summed E-state index contributed by atoms with van der Waals surface area (Å²) in [5.41, 5.74) is -0.224. The number of carbonyl (C=O) groups excluding carboxylic acids is 1. The first-order valence-electron chi connectivity index (χ1n) is 9.93. The summed E-state index contributed by atoms with van der Waals surface area (Å²) in [4.78, 5) is 14.1. The summed E-state index contributed by atoms with van der Waals surface area (Å²) < 4.78 is 46.3. The van der Waals surface area contributed by atoms with Crippen molar-refractivity contribution in [3.05, 3.63) is 29.6 Å². The molecule has 9 heteroatoms. The quantitative estimate of drug-likeness (QED) is 0.689. The van der Waals surface area contributed by atoms with Crippen LogP contribution in [0.25, 0.3) is 0 Å². The minimum atomic E-state index is -3.78. The number of carbonyl (C=O) groups is 1. The molecular formula is C19H29FN3O4S+. The van der Waals surface area contributed by atoms with Gasteiger partial charge in [-0.3, -0.25) is 4.79 Å². The van der Waals surface area contributed by atoms with Gasteiger partial charge < -0.3 is 15.0 Å². The highest BCUT2D eigenvalue weighted by Crippen LogP contribution is 2.20. The molecule has 1 amide bonds. The molecule has 28 heavy (non-hydrogen) atoms. The topological polar surface area (TPSA) is 80.2 Å². The average Bonchev–Trinajstić information content (AvgIpc) is 2.70. The predicted octanol–water partition coefficient (Wildman–Crippen LogP) is 0.0337. The first kappa shape index (κ1) is 21.2. The van der Waals surface area contributed by atoms with E-state index in [-0.39, 0.29) is 29.6 Å². The number of sulfonamides is 1. The Kier molecular flexibility index (Phi) is 7.03. The SMILES string of the molecule is CCC[NH+]1CCC(NC(=O)c2cc(S(=O)(=O)N3CCOCC3)ccc2F)CC1. The highest BCUT2D eigenvalue weighted by atomic mass is 32.2. The lowest BCUT2D eigenvalue weighted by Gasteiger charge is -2.29. The standard InChI is InChI=1S/C19H28FN3O4S/c1-2-7-22-8-5-15(6-9-22)21-19(24)17-14-16(3-4-18(17)20)28(25,26)23-10-12-27-13-11-23/h3-4,14-15H,2,5-13H2,1H3,(H,21,24)/p+1. The number of rotatable bonds is 6. The van der Waals surface area contributed by atoms with Crippen molar-refractivity contribution in [3.8, 4) is 0 Å². The number of hydrogen-bond acceptors (Lipinski definition) is 4. The van der Waals surface area contributed by atoms with Crippen molar-refractivity contribution in [2.24, 2.45) is 0 Å². The third kappa shape index (κ3) is 4.89. The molecule has 7 nitrogen and oxygen atoms in total. The van der Waals surface area contributed by atoms with Gasteiger partial charge in [0.25, 0.3) is 5.91 Å². The van der Waals surface area contributed by atoms with Gasteiger partial charge in [-0.25, -0.2) is 12.8 Å². The summed E-state index contributed by atoms with van der Waals surface area (Å²) in [6.45, 7) is 6.39. The highest BCUT2D eigenvalue weighted by molar-refractivity contribution is 7.89. The van der Waals surface area contributed by atoms with Crippen LogP contribution in [0.15, 0.2) is 23.1 Å². The van der Waals surface area contributed by atoms with Gasteiger partial charge in [0, 0.05) is 32.0 Å². The molecule has 2 aliphatic rings. The molecule has 1 aromatic carbocycles. The van der Waals surface area contributed by atoms with E-state index in [9.17, 15) is 17.6 Å². The summed E-state index contributed by atoms with van der Waals surface area (Å²) in [6, 6.07) is 3.40. The van der Waals surface area contributed by atoms with Gasteiger partial charge in [-0.05, 0) is 24.6 Å². The molecule has 2 saturated heterocycles. The third-order valence-corrected chi connectivity index (χ3v) is 7.32. The van der Waals surface area contributed by atoms with E-state index in [4.69, 9.17) is 4.74 Å². The van der Waals surface area contributed by atoms with Crippen molar-refractivity contribution in [1.82, 2.24) is 9.62 Å². The molecule has 0 atom stereocenters. The second-order valence-corrected chi connectivity index (χ2v) is 9.34. The highest BCUT2D eigenvalue weighted by Gasteiger charge is 2.29. The molecule has 0 spiro atoms. The van der Waals surface area contributed by atoms with Crippen LogP contribution in [-0.2, 0) is 14.8 Å². The minimum absolute atomic E-state index is 0.00740. The lowest BCUT2D eigenvalue weighted by molar-refractivity contribution is -0.905. The molecule has 2 aliphatic heterocycles. The number of quaternary nitrogens is 1. The zero-order valence-electron chi connectivity index (χ0n) is 16.2. The molecule has 0 radical (unpaired) electrons. The Bertz CT molecular complexity index is 788. The van der Waals surface area contributed by atoms with Gasteiger partial charge in [-0.1, -0.05) is 6.92 Å². The van der Waals surface area contributed by atoms with E-state index in [1.807, 2.05) is 0 Å². The smallest absolute Gasteiger partial charge is 0.254 e. The Hall–Kier alpha value is -1.55. The van der Waals surface area contributed by atoms with E-state index in [2.05, 4.69) is 12.2 Å². The van der Waals surface area contributed by atoms with Crippen molar-refractivity contribution < 1.29 is 27.2 Å². The summed E-state index contributed by atoms with van der Waals surface area (Å²) >= 11 is 0. The Labute approximate surface area is 165 Å². The number of morpholine rings is 1. The second-order valence-electron chi connectivity index (χ2n) is 7.41. The first-order valence-corrected chi connectivity index (χ1v) is 11.4. The summed E-state index contributed by atoms with van der Waals surface area (Å²) in [7, 11) is -3.78. The Morgan fingerprint density at radius 2 is 1.96 bits per heavy atom. The maximum atomic E-state index is 14.3. The van der Waals surface area contributed by atoms with Crippen LogP contribution in [-0.4, -0.2) is 70.6 Å². The molecule has 1 aromatic rings. The minimum Gasteiger partial charge on any atom is -0.379 e. The van der Waals surface area contributed by atoms with Gasteiger partial charge in [0.05, 0.1) is 43.3 Å². The van der Waals surface area contributed by atoms with Crippen LogP contribution in [0.2, 0.25) is 0 Å². The van der Waals surface area contributed by atoms with Gasteiger partial charge in [0.2, 0.25) is 10.0 Å². The molecule has 0 aromatic heterocycles. The van der Waals surface area contributed by atoms with Crippen molar-refractivity contribution in [2.45, 2.75) is 37.1 Å². The number of benzene rings is 1. The van der Waals surface area contributed by atoms with E-state index in [1.54, 1.807) is 0 Å². The molecule has 3 rings (SSSR count). The van der Waals surface area contributed by atoms with E-state index < -0.39 is 21.7 Å². The fraction of sp³-hybridized carbons (Fsp3) is 0.632. The molecule has 0 saturated carbocycles. The number of nitrogens with one attached hydrogen (secondary N) is 2. The van der Waals surface area contributed by atoms with Gasteiger partial charge >= 0.3 is 0 Å². The number of ether oxygens (including phenoxy) is 1. The molecule has 0 bridgehead atoms. The summed E-state index contributed by atoms with van der Waals surface area (Å²) in [6.07, 6.45) is 2.81. The summed E-state index contributed by atoms with van der Waals surface area (Å²) in [5, 5.41) is 2.88. The fourth-order valence-corrected chi connectivity index (χ4v) is 5.25. The van der Waals surface area contributed by atoms with Crippen molar-refractivity contribution >= 4 is 15.9 Å². The maximum Gasteiger partial charge on any atom is 0.254 e. The number of amides is 1. The van der Waals surface area contributed by atoms with Crippen LogP contribution in [0, 0.1) is 5.82 Å². The zero-order chi connectivity index (χ0) is 20.1. The number of likely N-dealkylation sites (tertiary alicyclic amines) is 1. The zero-order valence-corrected chi connectivity index (χ0v) is 17.1. The Morgan fingerprint density at radius 3 is 2.61 bits per heavy atom. The van der Waals surface area contributed by atoms with Gasteiger partial charge in [-0.2, -0.15) is 4.31 Å². The molecule has 2 N–H and O–H groups in total. The van der Waals surface area contributed by atoms with Crippen molar-refractivity contribution in [1.29, 1.82) is 0 Å². The molecule has 156 valence electrons. The van der Waals surface area contributed by atoms with Crippen LogP contribution < -0.4 is 10.2 Å². The lowest BCUT2D eigenvalue weighted by atomic mass is 10.0. The van der Waals surface area contributed by atoms with Crippen LogP contribution in [0.3, 0.4) is 0 Å². The molecule has 2 heterocycles. The first-order chi connectivity index (χ1) is 13.4. The van der Waals surface area contributed by atoms with Gasteiger partial charge in [-0.15, -0.1) is 0 Å². The predicted molar refractivity (Wildman–Crippen MR) is 102 cm³/mol. The fourth-order valence-electron chi connectivity index (χ4n) is 3.81. The maximum absolute atomic E-state index is 14.3. The van der Waals surface area contributed by atoms with E-state index in [0.717, 1.165) is 51.0 Å². The van der Waals surface area contributed by atoms with Crippen LogP contribution in [0.4, 0.5) is 4.39 Å². The van der Waals surface area contributed by atoms with E-state index >= 15 is 0 Å². The van der Waals surface area contributed by atoms with Crippen molar-refractivity contribution in [3.63, 3.8) is 0 Å². The number of piperidine rings is 1.